The molecule has 4 heteroatoms. The van der Waals surface area contributed by atoms with E-state index < -0.39 is 5.97 Å². The van der Waals surface area contributed by atoms with Gasteiger partial charge in [0, 0.05) is 12.3 Å². The van der Waals surface area contributed by atoms with Crippen LogP contribution >= 0.6 is 0 Å². The van der Waals surface area contributed by atoms with Gasteiger partial charge in [0.1, 0.15) is 5.78 Å². The summed E-state index contributed by atoms with van der Waals surface area (Å²) in [7, 11) is 0. The molecule has 0 bridgehead atoms. The molecule has 0 heterocycles. The first kappa shape index (κ1) is 24.1. The van der Waals surface area contributed by atoms with E-state index in [1.165, 1.54) is 44.9 Å². The van der Waals surface area contributed by atoms with E-state index in [4.69, 9.17) is 10.8 Å². The van der Waals surface area contributed by atoms with E-state index in [0.29, 0.717) is 5.78 Å². The number of nitrogens with two attached hydrogens (primary N) is 1. The van der Waals surface area contributed by atoms with Gasteiger partial charge in [-0.15, -0.1) is 0 Å². The molecule has 0 radical (unpaired) electrons. The van der Waals surface area contributed by atoms with Gasteiger partial charge in [0.25, 0.3) is 0 Å². The molecule has 1 unspecified atom stereocenters. The van der Waals surface area contributed by atoms with Crippen LogP contribution < -0.4 is 5.73 Å². The van der Waals surface area contributed by atoms with Crippen molar-refractivity contribution in [2.75, 3.05) is 6.54 Å². The molecule has 0 fully saturated rings. The molecular weight excluding hydrogens is 314 g/mol. The average Bonchev–Trinajstić information content (AvgIpc) is 2.57. The zero-order valence-corrected chi connectivity index (χ0v) is 16.4. The van der Waals surface area contributed by atoms with Gasteiger partial charge in [0.15, 0.2) is 0 Å². The molecule has 0 saturated carbocycles. The Labute approximate surface area is 154 Å². The van der Waals surface area contributed by atoms with E-state index >= 15 is 0 Å². The van der Waals surface area contributed by atoms with Crippen molar-refractivity contribution < 1.29 is 14.7 Å². The zero-order chi connectivity index (χ0) is 18.8. The Balaban J connectivity index is 3.52. The Morgan fingerprint density at radius 1 is 0.720 bits per heavy atom. The van der Waals surface area contributed by atoms with Gasteiger partial charge < -0.3 is 10.8 Å². The highest BCUT2D eigenvalue weighted by atomic mass is 16.4. The zero-order valence-electron chi connectivity index (χ0n) is 16.4. The maximum absolute atomic E-state index is 11.8. The predicted octanol–water partition coefficient (Wildman–Crippen LogP) is 5.48. The summed E-state index contributed by atoms with van der Waals surface area (Å²) >= 11 is 0. The lowest BCUT2D eigenvalue weighted by atomic mass is 9.91. The summed E-state index contributed by atoms with van der Waals surface area (Å²) in [5, 5.41) is 8.59. The van der Waals surface area contributed by atoms with Crippen LogP contribution in [0.15, 0.2) is 0 Å². The van der Waals surface area contributed by atoms with Crippen LogP contribution in [0.25, 0.3) is 0 Å². The van der Waals surface area contributed by atoms with Crippen molar-refractivity contribution in [3.63, 3.8) is 0 Å². The summed E-state index contributed by atoms with van der Waals surface area (Å²) < 4.78 is 0. The molecule has 148 valence electrons. The van der Waals surface area contributed by atoms with Crippen molar-refractivity contribution in [3.8, 4) is 0 Å². The number of aliphatic carboxylic acids is 1. The first-order chi connectivity index (χ1) is 12.1. The third-order valence-corrected chi connectivity index (χ3v) is 5.02. The van der Waals surface area contributed by atoms with E-state index in [1.807, 2.05) is 0 Å². The maximum Gasteiger partial charge on any atom is 0.303 e. The summed E-state index contributed by atoms with van der Waals surface area (Å²) in [5.41, 5.74) is 5.49. The number of hydrogen-bond donors (Lipinski definition) is 2. The highest BCUT2D eigenvalue weighted by Crippen LogP contribution is 2.20. The number of unbranched alkanes of at least 4 members (excludes halogenated alkanes) is 11. The molecule has 3 N–H and O–H groups in total. The molecule has 1 atom stereocenters. The number of hydrogen-bond acceptors (Lipinski definition) is 3. The van der Waals surface area contributed by atoms with Crippen LogP contribution in [-0.2, 0) is 9.59 Å². The Kier molecular flexibility index (Phi) is 17.3. The van der Waals surface area contributed by atoms with Crippen LogP contribution in [0.3, 0.4) is 0 Å². The van der Waals surface area contributed by atoms with Gasteiger partial charge in [-0.05, 0) is 39.2 Å². The van der Waals surface area contributed by atoms with Gasteiger partial charge >= 0.3 is 5.97 Å². The van der Waals surface area contributed by atoms with Crippen molar-refractivity contribution in [1.29, 1.82) is 0 Å². The number of carbonyl (C=O) groups is 2. The lowest BCUT2D eigenvalue weighted by molar-refractivity contribution is -0.137. The normalized spacial score (nSPS) is 12.2. The molecular formula is C21H41NO3. The fraction of sp³-hybridized carbons (Fsp3) is 0.905. The standard InChI is InChI=1S/C21H41NO3/c1-19(23)20(16-12-8-6-9-13-17-21(24)25)15-11-7-4-2-3-5-10-14-18-22/h20H,2-18,22H2,1H3,(H,24,25). The van der Waals surface area contributed by atoms with E-state index in [2.05, 4.69) is 0 Å². The topological polar surface area (TPSA) is 80.4 Å². The van der Waals surface area contributed by atoms with Crippen molar-refractivity contribution >= 4 is 11.8 Å². The summed E-state index contributed by atoms with van der Waals surface area (Å²) in [6.45, 7) is 2.55. The number of carbonyl (C=O) groups excluding carboxylic acids is 1. The largest absolute Gasteiger partial charge is 0.481 e. The van der Waals surface area contributed by atoms with Gasteiger partial charge in [-0.1, -0.05) is 70.6 Å². The van der Waals surface area contributed by atoms with Crippen LogP contribution in [0.5, 0.6) is 0 Å². The SMILES string of the molecule is CC(=O)C(CCCCCCCCCCN)CCCCCCCC(=O)O. The summed E-state index contributed by atoms with van der Waals surface area (Å²) in [4.78, 5) is 22.2. The average molecular weight is 356 g/mol. The predicted molar refractivity (Wildman–Crippen MR) is 105 cm³/mol. The number of rotatable bonds is 19. The number of Topliss-reactive ketones (excluding diaryl/α,β-unsaturated/α-hetero) is 1. The molecule has 0 aliphatic carbocycles. The Morgan fingerprint density at radius 3 is 1.52 bits per heavy atom. The van der Waals surface area contributed by atoms with Crippen molar-refractivity contribution in [1.82, 2.24) is 0 Å². The lowest BCUT2D eigenvalue weighted by Gasteiger charge is -2.13. The second-order valence-electron chi connectivity index (χ2n) is 7.41. The van der Waals surface area contributed by atoms with Gasteiger partial charge in [-0.3, -0.25) is 9.59 Å². The maximum atomic E-state index is 11.8. The molecule has 0 aromatic rings. The quantitative estimate of drug-likeness (QED) is 0.301. The second kappa shape index (κ2) is 17.9. The molecule has 0 amide bonds. The lowest BCUT2D eigenvalue weighted by Crippen LogP contribution is -2.11. The van der Waals surface area contributed by atoms with Crippen LogP contribution in [0.2, 0.25) is 0 Å². The molecule has 25 heavy (non-hydrogen) atoms. The van der Waals surface area contributed by atoms with E-state index in [-0.39, 0.29) is 12.3 Å². The van der Waals surface area contributed by atoms with Crippen molar-refractivity contribution in [3.05, 3.63) is 0 Å². The van der Waals surface area contributed by atoms with Gasteiger partial charge in [-0.25, -0.2) is 0 Å². The van der Waals surface area contributed by atoms with Crippen molar-refractivity contribution in [2.45, 2.75) is 110 Å². The Bertz CT molecular complexity index is 331. The number of carboxylic acids is 1. The molecule has 0 aliphatic heterocycles. The molecule has 0 spiro atoms. The fourth-order valence-electron chi connectivity index (χ4n) is 3.34. The Hall–Kier alpha value is -0.900. The number of ketones is 1. The van der Waals surface area contributed by atoms with E-state index in [0.717, 1.165) is 57.9 Å². The summed E-state index contributed by atoms with van der Waals surface area (Å²) in [6.07, 6.45) is 17.4. The highest BCUT2D eigenvalue weighted by Gasteiger charge is 2.13. The molecule has 0 aliphatic rings. The van der Waals surface area contributed by atoms with Crippen LogP contribution in [0.1, 0.15) is 110 Å². The molecule has 0 rings (SSSR count). The monoisotopic (exact) mass is 355 g/mol. The van der Waals surface area contributed by atoms with Gasteiger partial charge in [-0.2, -0.15) is 0 Å². The first-order valence-corrected chi connectivity index (χ1v) is 10.5. The van der Waals surface area contributed by atoms with Crippen LogP contribution in [-0.4, -0.2) is 23.4 Å². The van der Waals surface area contributed by atoms with Crippen LogP contribution in [0, 0.1) is 5.92 Å². The first-order valence-electron chi connectivity index (χ1n) is 10.5. The summed E-state index contributed by atoms with van der Waals surface area (Å²) in [6, 6.07) is 0. The summed E-state index contributed by atoms with van der Waals surface area (Å²) in [5.74, 6) is -0.122. The molecule has 4 nitrogen and oxygen atoms in total. The highest BCUT2D eigenvalue weighted by molar-refractivity contribution is 5.78. The fourth-order valence-corrected chi connectivity index (χ4v) is 3.34. The number of carboxylic acid groups (broad SMARTS) is 1. The van der Waals surface area contributed by atoms with Crippen molar-refractivity contribution in [2.24, 2.45) is 11.7 Å². The molecule has 0 aromatic heterocycles. The molecule has 0 saturated heterocycles. The third-order valence-electron chi connectivity index (χ3n) is 5.02. The molecule has 0 aromatic carbocycles. The second-order valence-corrected chi connectivity index (χ2v) is 7.41. The minimum atomic E-state index is -0.702. The smallest absolute Gasteiger partial charge is 0.303 e. The third kappa shape index (κ3) is 17.7. The van der Waals surface area contributed by atoms with Crippen LogP contribution in [0.4, 0.5) is 0 Å². The Morgan fingerprint density at radius 2 is 1.12 bits per heavy atom. The van der Waals surface area contributed by atoms with Gasteiger partial charge in [0.05, 0.1) is 0 Å². The van der Waals surface area contributed by atoms with Gasteiger partial charge in [0.2, 0.25) is 0 Å². The minimum absolute atomic E-state index is 0.239. The van der Waals surface area contributed by atoms with E-state index in [1.54, 1.807) is 6.92 Å². The van der Waals surface area contributed by atoms with E-state index in [9.17, 15) is 9.59 Å². The minimum Gasteiger partial charge on any atom is -0.481 e.